The minimum atomic E-state index is 0.159. The molecule has 0 atom stereocenters. The summed E-state index contributed by atoms with van der Waals surface area (Å²) in [4.78, 5) is 25.5. The van der Waals surface area contributed by atoms with Crippen molar-refractivity contribution in [3.8, 4) is 0 Å². The smallest absolute Gasteiger partial charge is 0.236 e. The second kappa shape index (κ2) is 8.79. The third kappa shape index (κ3) is 4.56. The van der Waals surface area contributed by atoms with Crippen LogP contribution in [0, 0.1) is 0 Å². The van der Waals surface area contributed by atoms with Gasteiger partial charge in [0.05, 0.1) is 13.1 Å². The van der Waals surface area contributed by atoms with Crippen LogP contribution in [-0.4, -0.2) is 75.4 Å². The van der Waals surface area contributed by atoms with Crippen molar-refractivity contribution >= 4 is 5.91 Å². The number of fused-ring (bicyclic) bond motifs is 1. The maximum Gasteiger partial charge on any atom is 0.236 e. The van der Waals surface area contributed by atoms with Gasteiger partial charge >= 0.3 is 0 Å². The van der Waals surface area contributed by atoms with Gasteiger partial charge in [-0.15, -0.1) is 0 Å². The third-order valence-corrected chi connectivity index (χ3v) is 5.50. The topological polar surface area (TPSA) is 76.4 Å². The van der Waals surface area contributed by atoms with Crippen LogP contribution in [0.1, 0.15) is 36.0 Å². The van der Waals surface area contributed by atoms with Gasteiger partial charge in [0.2, 0.25) is 5.91 Å². The molecule has 0 unspecified atom stereocenters. The van der Waals surface area contributed by atoms with E-state index in [1.54, 1.807) is 12.4 Å². The molecule has 0 spiro atoms. The fourth-order valence-electron chi connectivity index (χ4n) is 3.88. The first kappa shape index (κ1) is 19.0. The summed E-state index contributed by atoms with van der Waals surface area (Å²) in [6.07, 6.45) is 6.32. The van der Waals surface area contributed by atoms with Crippen molar-refractivity contribution in [2.45, 2.75) is 38.3 Å². The van der Waals surface area contributed by atoms with Crippen molar-refractivity contribution in [1.82, 2.24) is 29.5 Å². The molecule has 1 amide bonds. The van der Waals surface area contributed by atoms with E-state index in [2.05, 4.69) is 4.98 Å². The van der Waals surface area contributed by atoms with Gasteiger partial charge in [0.15, 0.2) is 5.82 Å². The van der Waals surface area contributed by atoms with Crippen LogP contribution in [0.2, 0.25) is 0 Å². The number of likely N-dealkylation sites (N-methyl/N-ethyl adjacent to an activating group) is 1. The van der Waals surface area contributed by atoms with Gasteiger partial charge < -0.3 is 9.64 Å². The first-order valence-electron chi connectivity index (χ1n) is 10.1. The van der Waals surface area contributed by atoms with Crippen molar-refractivity contribution in [1.29, 1.82) is 0 Å². The monoisotopic (exact) mass is 384 g/mol. The van der Waals surface area contributed by atoms with Crippen LogP contribution in [-0.2, 0) is 29.0 Å². The largest absolute Gasteiger partial charge is 0.381 e. The highest BCUT2D eigenvalue weighted by atomic mass is 16.5. The summed E-state index contributed by atoms with van der Waals surface area (Å²) in [5, 5.41) is 4.74. The van der Waals surface area contributed by atoms with E-state index in [4.69, 9.17) is 14.8 Å². The van der Waals surface area contributed by atoms with Crippen molar-refractivity contribution in [2.24, 2.45) is 0 Å². The van der Waals surface area contributed by atoms with Gasteiger partial charge in [0.25, 0.3) is 0 Å². The Kier molecular flexibility index (Phi) is 5.97. The van der Waals surface area contributed by atoms with Crippen LogP contribution in [0.4, 0.5) is 0 Å². The fraction of sp³-hybridized carbons (Fsp3) is 0.600. The van der Waals surface area contributed by atoms with E-state index in [-0.39, 0.29) is 5.91 Å². The lowest BCUT2D eigenvalue weighted by molar-refractivity contribution is -0.132. The van der Waals surface area contributed by atoms with Crippen LogP contribution in [0.3, 0.4) is 0 Å². The van der Waals surface area contributed by atoms with Gasteiger partial charge in [-0.1, -0.05) is 0 Å². The molecule has 2 aliphatic heterocycles. The number of ether oxygens (including phenoxy) is 1. The number of hydrogen-bond donors (Lipinski definition) is 0. The molecular formula is C20H28N6O2. The standard InChI is InChI=1S/C20H28N6O2/c1-24(14-16-2-7-21-8-3-16)15-19(27)25-9-4-18-22-20(23-26(18)11-10-25)17-5-12-28-13-6-17/h2-3,7-8,17H,4-6,9-15H2,1H3. The highest BCUT2D eigenvalue weighted by Crippen LogP contribution is 2.25. The van der Waals surface area contributed by atoms with E-state index < -0.39 is 0 Å². The number of pyridine rings is 1. The summed E-state index contributed by atoms with van der Waals surface area (Å²) in [5.41, 5.74) is 1.16. The molecule has 150 valence electrons. The lowest BCUT2D eigenvalue weighted by Crippen LogP contribution is -2.40. The molecule has 2 aromatic heterocycles. The minimum Gasteiger partial charge on any atom is -0.381 e. The quantitative estimate of drug-likeness (QED) is 0.768. The van der Waals surface area contributed by atoms with Gasteiger partial charge in [-0.2, -0.15) is 5.10 Å². The molecule has 0 bridgehead atoms. The number of carbonyl (C=O) groups is 1. The number of rotatable bonds is 5. The first-order chi connectivity index (χ1) is 13.7. The molecule has 4 heterocycles. The molecule has 0 aliphatic carbocycles. The van der Waals surface area contributed by atoms with E-state index >= 15 is 0 Å². The molecule has 8 nitrogen and oxygen atoms in total. The van der Waals surface area contributed by atoms with Crippen LogP contribution >= 0.6 is 0 Å². The summed E-state index contributed by atoms with van der Waals surface area (Å²) in [6.45, 7) is 4.84. The zero-order valence-electron chi connectivity index (χ0n) is 16.5. The second-order valence-electron chi connectivity index (χ2n) is 7.65. The van der Waals surface area contributed by atoms with Crippen LogP contribution in [0.25, 0.3) is 0 Å². The zero-order valence-corrected chi connectivity index (χ0v) is 16.5. The Morgan fingerprint density at radius 2 is 2.00 bits per heavy atom. The van der Waals surface area contributed by atoms with Gasteiger partial charge in [-0.3, -0.25) is 14.7 Å². The van der Waals surface area contributed by atoms with E-state index in [1.807, 2.05) is 33.7 Å². The van der Waals surface area contributed by atoms with Crippen molar-refractivity contribution in [2.75, 3.05) is 39.9 Å². The molecule has 2 aliphatic rings. The average Bonchev–Trinajstić information content (AvgIpc) is 3.02. The Balaban J connectivity index is 1.31. The van der Waals surface area contributed by atoms with Gasteiger partial charge in [0.1, 0.15) is 5.82 Å². The fourth-order valence-corrected chi connectivity index (χ4v) is 3.88. The van der Waals surface area contributed by atoms with Crippen LogP contribution < -0.4 is 0 Å². The molecule has 1 fully saturated rings. The molecule has 4 rings (SSSR count). The Hall–Kier alpha value is -2.32. The van der Waals surface area contributed by atoms with Crippen molar-refractivity contribution < 1.29 is 9.53 Å². The molecular weight excluding hydrogens is 356 g/mol. The van der Waals surface area contributed by atoms with Crippen LogP contribution in [0.5, 0.6) is 0 Å². The number of amides is 1. The second-order valence-corrected chi connectivity index (χ2v) is 7.65. The van der Waals surface area contributed by atoms with E-state index in [0.29, 0.717) is 32.1 Å². The molecule has 8 heteroatoms. The molecule has 0 N–H and O–H groups in total. The number of carbonyl (C=O) groups excluding carboxylic acids is 1. The van der Waals surface area contributed by atoms with Crippen molar-refractivity contribution in [3.05, 3.63) is 41.7 Å². The molecule has 1 saturated heterocycles. The van der Waals surface area contributed by atoms with Gasteiger partial charge in [0, 0.05) is 57.6 Å². The highest BCUT2D eigenvalue weighted by molar-refractivity contribution is 5.78. The van der Waals surface area contributed by atoms with Gasteiger partial charge in [-0.25, -0.2) is 9.67 Å². The van der Waals surface area contributed by atoms with Crippen LogP contribution in [0.15, 0.2) is 24.5 Å². The summed E-state index contributed by atoms with van der Waals surface area (Å²) < 4.78 is 7.44. The maximum absolute atomic E-state index is 12.7. The lowest BCUT2D eigenvalue weighted by atomic mass is 10.00. The van der Waals surface area contributed by atoms with Gasteiger partial charge in [-0.05, 0) is 37.6 Å². The summed E-state index contributed by atoms with van der Waals surface area (Å²) >= 11 is 0. The lowest BCUT2D eigenvalue weighted by Gasteiger charge is -2.24. The summed E-state index contributed by atoms with van der Waals surface area (Å²) in [5.74, 6) is 2.52. The maximum atomic E-state index is 12.7. The third-order valence-electron chi connectivity index (χ3n) is 5.50. The Morgan fingerprint density at radius 1 is 1.21 bits per heavy atom. The summed E-state index contributed by atoms with van der Waals surface area (Å²) in [6, 6.07) is 3.96. The van der Waals surface area contributed by atoms with E-state index in [0.717, 1.165) is 56.2 Å². The van der Waals surface area contributed by atoms with Crippen molar-refractivity contribution in [3.63, 3.8) is 0 Å². The minimum absolute atomic E-state index is 0.159. The highest BCUT2D eigenvalue weighted by Gasteiger charge is 2.25. The first-order valence-corrected chi connectivity index (χ1v) is 10.1. The SMILES string of the molecule is CN(CC(=O)N1CCc2nc(C3CCOCC3)nn2CC1)Cc1ccncc1. The summed E-state index contributed by atoms with van der Waals surface area (Å²) in [7, 11) is 1.98. The predicted molar refractivity (Wildman–Crippen MR) is 104 cm³/mol. The van der Waals surface area contributed by atoms with E-state index in [1.165, 1.54) is 0 Å². The molecule has 2 aromatic rings. The zero-order chi connectivity index (χ0) is 19.3. The number of aromatic nitrogens is 4. The van der Waals surface area contributed by atoms with E-state index in [9.17, 15) is 4.79 Å². The predicted octanol–water partition coefficient (Wildman–Crippen LogP) is 1.08. The molecule has 0 radical (unpaired) electrons. The Labute approximate surface area is 165 Å². The number of hydrogen-bond acceptors (Lipinski definition) is 6. The molecule has 28 heavy (non-hydrogen) atoms. The Morgan fingerprint density at radius 3 is 2.79 bits per heavy atom. The Bertz CT molecular complexity index is 762. The average molecular weight is 384 g/mol. The normalized spacial score (nSPS) is 18.1. The molecule has 0 saturated carbocycles. The molecule has 0 aromatic carbocycles. The number of nitrogens with zero attached hydrogens (tertiary/aromatic N) is 6.